The van der Waals surface area contributed by atoms with Crippen molar-refractivity contribution in [2.75, 3.05) is 18.4 Å². The van der Waals surface area contributed by atoms with Crippen molar-refractivity contribution in [3.05, 3.63) is 59.7 Å². The molecule has 1 saturated heterocycles. The molecule has 2 aromatic rings. The number of nitrogens with zero attached hydrogens (tertiary/aromatic N) is 2. The third kappa shape index (κ3) is 3.80. The number of rotatable bonds is 3. The van der Waals surface area contributed by atoms with Gasteiger partial charge in [-0.25, -0.2) is 0 Å². The number of amides is 1. The van der Waals surface area contributed by atoms with Crippen molar-refractivity contribution in [2.24, 2.45) is 10.3 Å². The molecule has 0 aromatic heterocycles. The van der Waals surface area contributed by atoms with Crippen LogP contribution in [0.5, 0.6) is 0 Å². The SMILES string of the molecule is CC(=O)c1ccc(NC(=O)[C@H]2CCCN(C3=NS(=O)(=O)c4ccccc43)C2)cc1. The zero-order valence-corrected chi connectivity index (χ0v) is 16.8. The van der Waals surface area contributed by atoms with Crippen molar-refractivity contribution in [3.8, 4) is 0 Å². The van der Waals surface area contributed by atoms with Crippen LogP contribution in [0.15, 0.2) is 57.8 Å². The van der Waals surface area contributed by atoms with E-state index in [9.17, 15) is 18.0 Å². The largest absolute Gasteiger partial charge is 0.355 e. The normalized spacial score (nSPS) is 20.0. The molecule has 150 valence electrons. The first-order valence-electron chi connectivity index (χ1n) is 9.46. The maximum atomic E-state index is 12.8. The molecule has 2 aliphatic heterocycles. The summed E-state index contributed by atoms with van der Waals surface area (Å²) in [6, 6.07) is 13.5. The minimum atomic E-state index is -3.68. The predicted molar refractivity (Wildman–Crippen MR) is 110 cm³/mol. The van der Waals surface area contributed by atoms with E-state index in [-0.39, 0.29) is 22.5 Å². The van der Waals surface area contributed by atoms with Gasteiger partial charge in [0.05, 0.1) is 5.92 Å². The first-order chi connectivity index (χ1) is 13.8. The van der Waals surface area contributed by atoms with E-state index in [1.165, 1.54) is 6.92 Å². The Morgan fingerprint density at radius 3 is 2.55 bits per heavy atom. The molecule has 29 heavy (non-hydrogen) atoms. The summed E-state index contributed by atoms with van der Waals surface area (Å²) < 4.78 is 28.6. The number of hydrogen-bond acceptors (Lipinski definition) is 5. The summed E-state index contributed by atoms with van der Waals surface area (Å²) in [4.78, 5) is 26.2. The summed E-state index contributed by atoms with van der Waals surface area (Å²) in [7, 11) is -3.68. The Hall–Kier alpha value is -3.00. The van der Waals surface area contributed by atoms with Crippen LogP contribution in [-0.4, -0.2) is 43.9 Å². The molecule has 1 fully saturated rings. The van der Waals surface area contributed by atoms with Gasteiger partial charge >= 0.3 is 0 Å². The lowest BCUT2D eigenvalue weighted by Gasteiger charge is -2.33. The molecule has 1 N–H and O–H groups in total. The van der Waals surface area contributed by atoms with E-state index in [0.29, 0.717) is 35.7 Å². The lowest BCUT2D eigenvalue weighted by Crippen LogP contribution is -2.43. The van der Waals surface area contributed by atoms with Gasteiger partial charge in [0, 0.05) is 29.9 Å². The average molecular weight is 411 g/mol. The van der Waals surface area contributed by atoms with Gasteiger partial charge in [0.1, 0.15) is 4.90 Å². The van der Waals surface area contributed by atoms with Gasteiger partial charge in [-0.15, -0.1) is 4.40 Å². The number of piperidine rings is 1. The Morgan fingerprint density at radius 1 is 1.10 bits per heavy atom. The predicted octanol–water partition coefficient (Wildman–Crippen LogP) is 2.69. The molecule has 0 spiro atoms. The first kappa shape index (κ1) is 19.3. The lowest BCUT2D eigenvalue weighted by molar-refractivity contribution is -0.121. The number of likely N-dealkylation sites (tertiary alicyclic amines) is 1. The van der Waals surface area contributed by atoms with Crippen molar-refractivity contribution < 1.29 is 18.0 Å². The smallest absolute Gasteiger partial charge is 0.285 e. The van der Waals surface area contributed by atoms with Crippen LogP contribution in [0.2, 0.25) is 0 Å². The Morgan fingerprint density at radius 2 is 1.83 bits per heavy atom. The van der Waals surface area contributed by atoms with E-state index in [4.69, 9.17) is 0 Å². The zero-order chi connectivity index (χ0) is 20.6. The highest BCUT2D eigenvalue weighted by Crippen LogP contribution is 2.30. The first-order valence-corrected chi connectivity index (χ1v) is 10.9. The van der Waals surface area contributed by atoms with Crippen molar-refractivity contribution >= 4 is 33.2 Å². The maximum absolute atomic E-state index is 12.8. The van der Waals surface area contributed by atoms with E-state index < -0.39 is 10.0 Å². The summed E-state index contributed by atoms with van der Waals surface area (Å²) >= 11 is 0. The monoisotopic (exact) mass is 411 g/mol. The van der Waals surface area contributed by atoms with Gasteiger partial charge in [0.25, 0.3) is 10.0 Å². The molecule has 0 unspecified atom stereocenters. The van der Waals surface area contributed by atoms with Crippen molar-refractivity contribution in [1.29, 1.82) is 0 Å². The molecule has 2 aromatic carbocycles. The summed E-state index contributed by atoms with van der Waals surface area (Å²) in [6.45, 7) is 2.55. The molecule has 4 rings (SSSR count). The number of carbonyl (C=O) groups excluding carboxylic acids is 2. The maximum Gasteiger partial charge on any atom is 0.285 e. The fourth-order valence-corrected chi connectivity index (χ4v) is 4.96. The average Bonchev–Trinajstić information content (AvgIpc) is 3.00. The molecule has 1 amide bonds. The van der Waals surface area contributed by atoms with E-state index in [1.807, 2.05) is 4.90 Å². The second kappa shape index (κ2) is 7.44. The van der Waals surface area contributed by atoms with Crippen LogP contribution in [0.3, 0.4) is 0 Å². The fraction of sp³-hybridized carbons (Fsp3) is 0.286. The standard InChI is InChI=1S/C21H21N3O4S/c1-14(25)15-8-10-17(11-9-15)22-21(26)16-5-4-12-24(13-16)20-18-6-2-3-7-19(18)29(27,28)23-20/h2-3,6-11,16H,4-5,12-13H2,1H3,(H,22,26)/t16-/m0/s1. The van der Waals surface area contributed by atoms with E-state index in [0.717, 1.165) is 12.8 Å². The number of anilines is 1. The molecule has 0 aliphatic carbocycles. The van der Waals surface area contributed by atoms with Crippen LogP contribution in [0.25, 0.3) is 0 Å². The molecule has 0 bridgehead atoms. The summed E-state index contributed by atoms with van der Waals surface area (Å²) in [5, 5.41) is 2.89. The van der Waals surface area contributed by atoms with Gasteiger partial charge in [-0.05, 0) is 56.2 Å². The highest BCUT2D eigenvalue weighted by atomic mass is 32.2. The van der Waals surface area contributed by atoms with Gasteiger partial charge in [-0.3, -0.25) is 9.59 Å². The molecule has 8 heteroatoms. The van der Waals surface area contributed by atoms with E-state index in [1.54, 1.807) is 48.5 Å². The number of benzene rings is 2. The number of Topliss-reactive ketones (excluding diaryl/α,β-unsaturated/α-hetero) is 1. The number of amidine groups is 1. The van der Waals surface area contributed by atoms with Crippen LogP contribution in [0, 0.1) is 5.92 Å². The quantitative estimate of drug-likeness (QED) is 0.784. The van der Waals surface area contributed by atoms with Gasteiger partial charge in [0.2, 0.25) is 5.91 Å². The topological polar surface area (TPSA) is 95.9 Å². The van der Waals surface area contributed by atoms with Crippen molar-refractivity contribution in [3.63, 3.8) is 0 Å². The van der Waals surface area contributed by atoms with Gasteiger partial charge in [-0.1, -0.05) is 12.1 Å². The van der Waals surface area contributed by atoms with Crippen LogP contribution >= 0.6 is 0 Å². The summed E-state index contributed by atoms with van der Waals surface area (Å²) in [5.41, 5.74) is 1.81. The molecule has 2 heterocycles. The second-order valence-corrected chi connectivity index (χ2v) is 8.87. The Balaban J connectivity index is 1.49. The number of hydrogen-bond donors (Lipinski definition) is 1. The lowest BCUT2D eigenvalue weighted by atomic mass is 9.96. The molecule has 1 atom stereocenters. The number of nitrogens with one attached hydrogen (secondary N) is 1. The van der Waals surface area contributed by atoms with Gasteiger partial charge in [0.15, 0.2) is 11.6 Å². The minimum absolute atomic E-state index is 0.0293. The molecule has 2 aliphatic rings. The molecule has 0 radical (unpaired) electrons. The number of carbonyl (C=O) groups is 2. The molecule has 0 saturated carbocycles. The highest BCUT2D eigenvalue weighted by Gasteiger charge is 2.35. The van der Waals surface area contributed by atoms with Gasteiger partial charge < -0.3 is 10.2 Å². The third-order valence-corrected chi connectivity index (χ3v) is 6.59. The number of fused-ring (bicyclic) bond motifs is 1. The van der Waals surface area contributed by atoms with Crippen LogP contribution in [-0.2, 0) is 14.8 Å². The molecular weight excluding hydrogens is 390 g/mol. The Kier molecular flexibility index (Phi) is 4.96. The summed E-state index contributed by atoms with van der Waals surface area (Å²) in [6.07, 6.45) is 1.48. The van der Waals surface area contributed by atoms with Crippen molar-refractivity contribution in [2.45, 2.75) is 24.7 Å². The molecular formula is C21H21N3O4S. The minimum Gasteiger partial charge on any atom is -0.355 e. The van der Waals surface area contributed by atoms with E-state index in [2.05, 4.69) is 9.71 Å². The van der Waals surface area contributed by atoms with Crippen molar-refractivity contribution in [1.82, 2.24) is 4.90 Å². The second-order valence-electron chi connectivity index (χ2n) is 7.29. The number of ketones is 1. The Bertz CT molecular complexity index is 1110. The molecule has 7 nitrogen and oxygen atoms in total. The van der Waals surface area contributed by atoms with E-state index >= 15 is 0 Å². The van der Waals surface area contributed by atoms with Gasteiger partial charge in [-0.2, -0.15) is 8.42 Å². The third-order valence-electron chi connectivity index (χ3n) is 5.26. The Labute approximate surface area is 169 Å². The fourth-order valence-electron chi connectivity index (χ4n) is 3.73. The summed E-state index contributed by atoms with van der Waals surface area (Å²) in [5.74, 6) is -0.0169. The number of sulfonamides is 1. The van der Waals surface area contributed by atoms with Crippen LogP contribution in [0.1, 0.15) is 35.7 Å². The zero-order valence-electron chi connectivity index (χ0n) is 16.0. The highest BCUT2D eigenvalue weighted by molar-refractivity contribution is 7.90. The van der Waals surface area contributed by atoms with Crippen LogP contribution < -0.4 is 5.32 Å². The van der Waals surface area contributed by atoms with Crippen LogP contribution in [0.4, 0.5) is 5.69 Å².